The molecule has 1 unspecified atom stereocenters. The molecule has 0 fully saturated rings. The van der Waals surface area contributed by atoms with E-state index >= 15 is 0 Å². The predicted molar refractivity (Wildman–Crippen MR) is 98.3 cm³/mol. The molecular formula is C18H21N3O2S. The zero-order valence-electron chi connectivity index (χ0n) is 14.1. The Morgan fingerprint density at radius 2 is 1.96 bits per heavy atom. The van der Waals surface area contributed by atoms with Crippen LogP contribution in [-0.4, -0.2) is 30.7 Å². The lowest BCUT2D eigenvalue weighted by atomic mass is 10.0. The number of hydrogen-bond acceptors (Lipinski definition) is 6. The number of fused-ring (bicyclic) bond motifs is 1. The van der Waals surface area contributed by atoms with Crippen LogP contribution in [0.2, 0.25) is 0 Å². The molecule has 1 N–H and O–H groups in total. The van der Waals surface area contributed by atoms with E-state index in [1.807, 2.05) is 17.5 Å². The molecule has 6 heteroatoms. The number of methoxy groups -OCH3 is 2. The van der Waals surface area contributed by atoms with E-state index in [9.17, 15) is 0 Å². The molecule has 24 heavy (non-hydrogen) atoms. The minimum absolute atomic E-state index is 0.451. The van der Waals surface area contributed by atoms with Crippen molar-refractivity contribution in [3.05, 3.63) is 41.5 Å². The lowest BCUT2D eigenvalue weighted by Gasteiger charge is -2.15. The first-order valence-corrected chi connectivity index (χ1v) is 8.72. The predicted octanol–water partition coefficient (Wildman–Crippen LogP) is 4.00. The third kappa shape index (κ3) is 3.59. The standard InChI is InChI=1S/C18H21N3O2S/c1-12(8-13-4-5-15(22-2)16(9-13)23-3)10-19-17-14-6-7-24-18(14)21-11-20-17/h4-7,9,11-12H,8,10H2,1-3H3,(H,19,20,21). The van der Waals surface area contributed by atoms with Crippen LogP contribution in [0.25, 0.3) is 10.2 Å². The quantitative estimate of drug-likeness (QED) is 0.703. The van der Waals surface area contributed by atoms with Gasteiger partial charge in [0.2, 0.25) is 0 Å². The van der Waals surface area contributed by atoms with Gasteiger partial charge in [-0.15, -0.1) is 11.3 Å². The number of aromatic nitrogens is 2. The number of nitrogens with one attached hydrogen (secondary N) is 1. The Hall–Kier alpha value is -2.34. The summed E-state index contributed by atoms with van der Waals surface area (Å²) < 4.78 is 10.7. The second-order valence-electron chi connectivity index (χ2n) is 5.74. The minimum atomic E-state index is 0.451. The fourth-order valence-electron chi connectivity index (χ4n) is 2.68. The first-order chi connectivity index (χ1) is 11.7. The van der Waals surface area contributed by atoms with Crippen molar-refractivity contribution < 1.29 is 9.47 Å². The van der Waals surface area contributed by atoms with E-state index in [-0.39, 0.29) is 0 Å². The van der Waals surface area contributed by atoms with Crippen LogP contribution in [0.1, 0.15) is 12.5 Å². The van der Waals surface area contributed by atoms with Crippen molar-refractivity contribution in [3.8, 4) is 11.5 Å². The lowest BCUT2D eigenvalue weighted by molar-refractivity contribution is 0.354. The number of ether oxygens (including phenoxy) is 2. The zero-order valence-corrected chi connectivity index (χ0v) is 14.9. The molecule has 0 radical (unpaired) electrons. The lowest BCUT2D eigenvalue weighted by Crippen LogP contribution is -2.14. The van der Waals surface area contributed by atoms with Crippen molar-refractivity contribution in [2.75, 3.05) is 26.1 Å². The normalized spacial score (nSPS) is 12.1. The third-order valence-electron chi connectivity index (χ3n) is 3.91. The Morgan fingerprint density at radius 1 is 1.12 bits per heavy atom. The highest BCUT2D eigenvalue weighted by Gasteiger charge is 2.10. The third-order valence-corrected chi connectivity index (χ3v) is 4.73. The molecule has 0 aliphatic rings. The summed E-state index contributed by atoms with van der Waals surface area (Å²) >= 11 is 1.63. The molecule has 0 saturated heterocycles. The summed E-state index contributed by atoms with van der Waals surface area (Å²) in [6.45, 7) is 3.06. The van der Waals surface area contributed by atoms with E-state index in [1.165, 1.54) is 5.56 Å². The average molecular weight is 343 g/mol. The first kappa shape index (κ1) is 16.5. The number of hydrogen-bond donors (Lipinski definition) is 1. The van der Waals surface area contributed by atoms with Gasteiger partial charge in [0.05, 0.1) is 19.6 Å². The van der Waals surface area contributed by atoms with Gasteiger partial charge >= 0.3 is 0 Å². The van der Waals surface area contributed by atoms with Gasteiger partial charge in [0, 0.05) is 6.54 Å². The van der Waals surface area contributed by atoms with Crippen molar-refractivity contribution in [1.29, 1.82) is 0 Å². The highest BCUT2D eigenvalue weighted by atomic mass is 32.1. The van der Waals surface area contributed by atoms with Crippen LogP contribution in [0.15, 0.2) is 36.0 Å². The topological polar surface area (TPSA) is 56.3 Å². The van der Waals surface area contributed by atoms with E-state index < -0.39 is 0 Å². The average Bonchev–Trinajstić information content (AvgIpc) is 3.09. The second-order valence-corrected chi connectivity index (χ2v) is 6.64. The second kappa shape index (κ2) is 7.49. The van der Waals surface area contributed by atoms with Crippen molar-refractivity contribution in [1.82, 2.24) is 9.97 Å². The van der Waals surface area contributed by atoms with E-state index in [0.717, 1.165) is 40.5 Å². The molecule has 2 heterocycles. The molecule has 2 aromatic heterocycles. The van der Waals surface area contributed by atoms with E-state index in [2.05, 4.69) is 34.3 Å². The zero-order chi connectivity index (χ0) is 16.9. The van der Waals surface area contributed by atoms with Gasteiger partial charge in [-0.25, -0.2) is 9.97 Å². The van der Waals surface area contributed by atoms with Crippen molar-refractivity contribution in [2.24, 2.45) is 5.92 Å². The molecule has 5 nitrogen and oxygen atoms in total. The van der Waals surface area contributed by atoms with Crippen LogP contribution in [0.3, 0.4) is 0 Å². The summed E-state index contributed by atoms with van der Waals surface area (Å²) in [5.74, 6) is 2.88. The summed E-state index contributed by atoms with van der Waals surface area (Å²) in [4.78, 5) is 9.64. The van der Waals surface area contributed by atoms with E-state index in [4.69, 9.17) is 9.47 Å². The first-order valence-electron chi connectivity index (χ1n) is 7.84. The Bertz CT molecular complexity index is 819. The van der Waals surface area contributed by atoms with Crippen LogP contribution in [0, 0.1) is 5.92 Å². The number of rotatable bonds is 7. The van der Waals surface area contributed by atoms with Gasteiger partial charge in [-0.2, -0.15) is 0 Å². The number of anilines is 1. The molecule has 0 saturated carbocycles. The fraction of sp³-hybridized carbons (Fsp3) is 0.333. The van der Waals surface area contributed by atoms with Crippen molar-refractivity contribution in [2.45, 2.75) is 13.3 Å². The maximum atomic E-state index is 5.37. The summed E-state index contributed by atoms with van der Waals surface area (Å²) in [5.41, 5.74) is 1.23. The molecule has 0 aliphatic heterocycles. The van der Waals surface area contributed by atoms with Crippen LogP contribution >= 0.6 is 11.3 Å². The van der Waals surface area contributed by atoms with Gasteiger partial charge < -0.3 is 14.8 Å². The summed E-state index contributed by atoms with van der Waals surface area (Å²) in [7, 11) is 3.31. The van der Waals surface area contributed by atoms with Gasteiger partial charge in [0.15, 0.2) is 11.5 Å². The molecule has 0 aliphatic carbocycles. The van der Waals surface area contributed by atoms with Crippen molar-refractivity contribution in [3.63, 3.8) is 0 Å². The van der Waals surface area contributed by atoms with Gasteiger partial charge in [0.1, 0.15) is 17.0 Å². The van der Waals surface area contributed by atoms with Gasteiger partial charge in [-0.3, -0.25) is 0 Å². The molecule has 126 valence electrons. The summed E-state index contributed by atoms with van der Waals surface area (Å²) in [6.07, 6.45) is 2.56. The molecule has 3 rings (SSSR count). The monoisotopic (exact) mass is 343 g/mol. The maximum Gasteiger partial charge on any atom is 0.160 e. The summed E-state index contributed by atoms with van der Waals surface area (Å²) in [5, 5.41) is 6.57. The van der Waals surface area contributed by atoms with Crippen molar-refractivity contribution >= 4 is 27.4 Å². The Balaban J connectivity index is 1.63. The Labute approximate surface area is 145 Å². The molecule has 0 amide bonds. The summed E-state index contributed by atoms with van der Waals surface area (Å²) in [6, 6.07) is 8.13. The van der Waals surface area contributed by atoms with Crippen LogP contribution in [-0.2, 0) is 6.42 Å². The maximum absolute atomic E-state index is 5.37. The van der Waals surface area contributed by atoms with E-state index in [0.29, 0.717) is 5.92 Å². The molecular weight excluding hydrogens is 322 g/mol. The van der Waals surface area contributed by atoms with Crippen LogP contribution in [0.4, 0.5) is 5.82 Å². The number of benzene rings is 1. The molecule has 1 aromatic carbocycles. The SMILES string of the molecule is COc1ccc(CC(C)CNc2ncnc3sccc23)cc1OC. The fourth-order valence-corrected chi connectivity index (χ4v) is 3.42. The van der Waals surface area contributed by atoms with E-state index in [1.54, 1.807) is 31.9 Å². The Kier molecular flexibility index (Phi) is 5.15. The van der Waals surface area contributed by atoms with Gasteiger partial charge in [0.25, 0.3) is 0 Å². The van der Waals surface area contributed by atoms with Gasteiger partial charge in [-0.1, -0.05) is 13.0 Å². The van der Waals surface area contributed by atoms with Gasteiger partial charge in [-0.05, 0) is 41.5 Å². The smallest absolute Gasteiger partial charge is 0.160 e. The number of nitrogens with zero attached hydrogens (tertiary/aromatic N) is 2. The molecule has 0 bridgehead atoms. The Morgan fingerprint density at radius 3 is 2.75 bits per heavy atom. The van der Waals surface area contributed by atoms with Crippen LogP contribution < -0.4 is 14.8 Å². The van der Waals surface area contributed by atoms with Crippen LogP contribution in [0.5, 0.6) is 11.5 Å². The minimum Gasteiger partial charge on any atom is -0.493 e. The molecule has 0 spiro atoms. The largest absolute Gasteiger partial charge is 0.493 e. The molecule has 3 aromatic rings. The number of thiophene rings is 1. The highest BCUT2D eigenvalue weighted by Crippen LogP contribution is 2.29. The molecule has 1 atom stereocenters. The highest BCUT2D eigenvalue weighted by molar-refractivity contribution is 7.16.